The van der Waals surface area contributed by atoms with E-state index in [2.05, 4.69) is 0 Å². The zero-order chi connectivity index (χ0) is 19.1. The van der Waals surface area contributed by atoms with Gasteiger partial charge < -0.3 is 10.0 Å². The second-order valence-electron chi connectivity index (χ2n) is 6.18. The molecule has 138 valence electrons. The quantitative estimate of drug-likeness (QED) is 0.854. The first kappa shape index (κ1) is 18.6. The summed E-state index contributed by atoms with van der Waals surface area (Å²) >= 11 is 1.04. The molecule has 7 nitrogen and oxygen atoms in total. The van der Waals surface area contributed by atoms with Gasteiger partial charge in [0, 0.05) is 27.2 Å². The fourth-order valence-electron chi connectivity index (χ4n) is 2.97. The van der Waals surface area contributed by atoms with E-state index in [1.807, 2.05) is 0 Å². The first-order chi connectivity index (χ1) is 12.2. The predicted molar refractivity (Wildman–Crippen MR) is 96.8 cm³/mol. The fourth-order valence-corrected chi connectivity index (χ4v) is 5.23. The van der Waals surface area contributed by atoms with E-state index in [9.17, 15) is 23.1 Å². The van der Waals surface area contributed by atoms with Crippen LogP contribution in [0.1, 0.15) is 26.7 Å². The third-order valence-corrected chi connectivity index (χ3v) is 7.25. The van der Waals surface area contributed by atoms with E-state index in [1.54, 1.807) is 29.6 Å². The summed E-state index contributed by atoms with van der Waals surface area (Å²) in [7, 11) is -0.955. The van der Waals surface area contributed by atoms with Crippen LogP contribution in [-0.2, 0) is 21.4 Å². The topological polar surface area (TPSA) is 95.0 Å². The Hall–Kier alpha value is -2.23. The molecule has 1 aliphatic heterocycles. The predicted octanol–water partition coefficient (Wildman–Crippen LogP) is 1.82. The van der Waals surface area contributed by atoms with E-state index >= 15 is 0 Å². The van der Waals surface area contributed by atoms with Gasteiger partial charge in [-0.05, 0) is 22.6 Å². The van der Waals surface area contributed by atoms with Crippen molar-refractivity contribution in [3.05, 3.63) is 51.7 Å². The molecule has 9 heteroatoms. The highest BCUT2D eigenvalue weighted by Gasteiger charge is 2.35. The van der Waals surface area contributed by atoms with Gasteiger partial charge in [0.15, 0.2) is 0 Å². The zero-order valence-corrected chi connectivity index (χ0v) is 15.9. The molecule has 1 N–H and O–H groups in total. The molecule has 1 aromatic carbocycles. The van der Waals surface area contributed by atoms with Crippen LogP contribution in [0.2, 0.25) is 0 Å². The number of carboxylic acid groups (broad SMARTS) is 1. The first-order valence-corrected chi connectivity index (χ1v) is 10.2. The second-order valence-corrected chi connectivity index (χ2v) is 9.21. The number of sulfonamides is 1. The summed E-state index contributed by atoms with van der Waals surface area (Å²) < 4.78 is 25.9. The maximum absolute atomic E-state index is 13.0. The molecule has 1 amide bonds. The van der Waals surface area contributed by atoms with Crippen molar-refractivity contribution in [2.24, 2.45) is 0 Å². The van der Waals surface area contributed by atoms with Gasteiger partial charge >= 0.3 is 5.97 Å². The molecule has 26 heavy (non-hydrogen) atoms. The molecule has 0 spiro atoms. The lowest BCUT2D eigenvalue weighted by molar-refractivity contribution is -0.139. The van der Waals surface area contributed by atoms with Crippen LogP contribution in [0.5, 0.6) is 0 Å². The summed E-state index contributed by atoms with van der Waals surface area (Å²) in [5, 5.41) is 11.1. The number of carboxylic acids is 1. The lowest BCUT2D eigenvalue weighted by Gasteiger charge is -2.32. The smallest absolute Gasteiger partial charge is 0.312 e. The van der Waals surface area contributed by atoms with Crippen molar-refractivity contribution in [1.29, 1.82) is 0 Å². The minimum atomic E-state index is -3.76. The Labute approximate surface area is 155 Å². The molecular weight excluding hydrogens is 376 g/mol. The van der Waals surface area contributed by atoms with E-state index in [1.165, 1.54) is 25.1 Å². The highest BCUT2D eigenvalue weighted by atomic mass is 32.2. The van der Waals surface area contributed by atoms with Gasteiger partial charge in [0.1, 0.15) is 9.77 Å². The summed E-state index contributed by atoms with van der Waals surface area (Å²) in [6, 6.07) is 8.51. The maximum Gasteiger partial charge on any atom is 0.312 e. The largest absolute Gasteiger partial charge is 0.481 e. The second kappa shape index (κ2) is 6.82. The van der Waals surface area contributed by atoms with Crippen molar-refractivity contribution in [3.63, 3.8) is 0 Å². The van der Waals surface area contributed by atoms with Gasteiger partial charge in [-0.2, -0.15) is 0 Å². The monoisotopic (exact) mass is 394 g/mol. The molecule has 2 heterocycles. The number of nitrogens with zero attached hydrogens (tertiary/aromatic N) is 2. The van der Waals surface area contributed by atoms with Crippen LogP contribution in [0.4, 0.5) is 0 Å². The van der Waals surface area contributed by atoms with E-state index in [4.69, 9.17) is 0 Å². The number of fused-ring (bicyclic) bond motifs is 1. The van der Waals surface area contributed by atoms with Gasteiger partial charge in [-0.1, -0.05) is 24.3 Å². The van der Waals surface area contributed by atoms with E-state index < -0.39 is 27.8 Å². The number of rotatable bonds is 4. The van der Waals surface area contributed by atoms with Gasteiger partial charge in [0.2, 0.25) is 10.0 Å². The minimum Gasteiger partial charge on any atom is -0.481 e. The normalized spacial score (nSPS) is 17.2. The van der Waals surface area contributed by atoms with Crippen LogP contribution in [0.15, 0.2) is 40.6 Å². The maximum atomic E-state index is 13.0. The standard InChI is InChI=1S/C17H18N2O5S2/c1-18(2)26(23,24)14-7-8-25-15(14)16(20)19-9-11-5-3-4-6-12(11)13(10-19)17(21)22/h3-8,13H,9-10H2,1-2H3,(H,21,22). The molecular formula is C17H18N2O5S2. The van der Waals surface area contributed by atoms with Gasteiger partial charge in [-0.15, -0.1) is 11.3 Å². The van der Waals surface area contributed by atoms with Crippen LogP contribution in [0.25, 0.3) is 0 Å². The number of thiophene rings is 1. The van der Waals surface area contributed by atoms with Gasteiger partial charge in [-0.25, -0.2) is 12.7 Å². The Balaban J connectivity index is 1.98. The molecule has 1 atom stereocenters. The summed E-state index contributed by atoms with van der Waals surface area (Å²) in [5.41, 5.74) is 1.45. The molecule has 1 unspecified atom stereocenters. The Kier molecular flexibility index (Phi) is 4.87. The summed E-state index contributed by atoms with van der Waals surface area (Å²) in [5.74, 6) is -2.32. The van der Waals surface area contributed by atoms with Crippen molar-refractivity contribution in [2.45, 2.75) is 17.4 Å². The van der Waals surface area contributed by atoms with E-state index in [0.717, 1.165) is 21.2 Å². The third kappa shape index (κ3) is 3.13. The third-order valence-electron chi connectivity index (χ3n) is 4.36. The first-order valence-electron chi connectivity index (χ1n) is 7.83. The Bertz CT molecular complexity index is 965. The zero-order valence-electron chi connectivity index (χ0n) is 14.2. The van der Waals surface area contributed by atoms with Crippen LogP contribution in [-0.4, -0.2) is 55.2 Å². The minimum absolute atomic E-state index is 0.00450. The average molecular weight is 394 g/mol. The van der Waals surface area contributed by atoms with Crippen LogP contribution < -0.4 is 0 Å². The Morgan fingerprint density at radius 1 is 1.23 bits per heavy atom. The van der Waals surface area contributed by atoms with E-state index in [-0.39, 0.29) is 22.9 Å². The molecule has 1 aliphatic rings. The fraction of sp³-hybridized carbons (Fsp3) is 0.294. The summed E-state index contributed by atoms with van der Waals surface area (Å²) in [6.07, 6.45) is 0. The van der Waals surface area contributed by atoms with Crippen molar-refractivity contribution in [1.82, 2.24) is 9.21 Å². The average Bonchev–Trinajstić information content (AvgIpc) is 3.10. The molecule has 0 saturated carbocycles. The van der Waals surface area contributed by atoms with E-state index in [0.29, 0.717) is 5.56 Å². The number of carbonyl (C=O) groups is 2. The molecule has 0 radical (unpaired) electrons. The highest BCUT2D eigenvalue weighted by Crippen LogP contribution is 2.32. The number of hydrogen-bond donors (Lipinski definition) is 1. The number of carbonyl (C=O) groups excluding carboxylic acids is 1. The SMILES string of the molecule is CN(C)S(=O)(=O)c1ccsc1C(=O)N1Cc2ccccc2C(C(=O)O)C1. The summed E-state index contributed by atoms with van der Waals surface area (Å²) in [6.45, 7) is 0.253. The van der Waals surface area contributed by atoms with Gasteiger partial charge in [0.25, 0.3) is 5.91 Å². The lowest BCUT2D eigenvalue weighted by Crippen LogP contribution is -2.40. The van der Waals surface area contributed by atoms with Gasteiger partial charge in [-0.3, -0.25) is 9.59 Å². The van der Waals surface area contributed by atoms with Crippen LogP contribution in [0.3, 0.4) is 0 Å². The van der Waals surface area contributed by atoms with Crippen molar-refractivity contribution < 1.29 is 23.1 Å². The van der Waals surface area contributed by atoms with Crippen LogP contribution in [0, 0.1) is 0 Å². The highest BCUT2D eigenvalue weighted by molar-refractivity contribution is 7.89. The van der Waals surface area contributed by atoms with Crippen molar-refractivity contribution in [3.8, 4) is 0 Å². The number of benzene rings is 1. The Morgan fingerprint density at radius 2 is 1.92 bits per heavy atom. The molecule has 2 aromatic rings. The number of hydrogen-bond acceptors (Lipinski definition) is 5. The van der Waals surface area contributed by atoms with Crippen molar-refractivity contribution >= 4 is 33.2 Å². The summed E-state index contributed by atoms with van der Waals surface area (Å²) in [4.78, 5) is 26.1. The van der Waals surface area contributed by atoms with Crippen LogP contribution >= 0.6 is 11.3 Å². The lowest BCUT2D eigenvalue weighted by atomic mass is 9.90. The molecule has 0 aliphatic carbocycles. The van der Waals surface area contributed by atoms with Crippen molar-refractivity contribution in [2.75, 3.05) is 20.6 Å². The molecule has 1 aromatic heterocycles. The number of amides is 1. The molecule has 0 saturated heterocycles. The number of aliphatic carboxylic acids is 1. The Morgan fingerprint density at radius 3 is 2.58 bits per heavy atom. The molecule has 0 fully saturated rings. The van der Waals surface area contributed by atoms with Gasteiger partial charge in [0.05, 0.1) is 5.92 Å². The molecule has 0 bridgehead atoms. The molecule has 3 rings (SSSR count).